The summed E-state index contributed by atoms with van der Waals surface area (Å²) in [7, 11) is -3.83. The number of carbonyl (C=O) groups excluding carboxylic acids is 1. The summed E-state index contributed by atoms with van der Waals surface area (Å²) in [6.45, 7) is 2.94. The first-order valence-corrected chi connectivity index (χ1v) is 12.1. The fourth-order valence-electron chi connectivity index (χ4n) is 3.88. The molecule has 4 rings (SSSR count). The van der Waals surface area contributed by atoms with Crippen molar-refractivity contribution in [2.75, 3.05) is 13.1 Å². The zero-order chi connectivity index (χ0) is 21.3. The van der Waals surface area contributed by atoms with E-state index >= 15 is 0 Å². The van der Waals surface area contributed by atoms with Gasteiger partial charge in [-0.2, -0.15) is 19.8 Å². The van der Waals surface area contributed by atoms with E-state index in [9.17, 15) is 17.6 Å². The highest BCUT2D eigenvalue weighted by Gasteiger charge is 2.35. The van der Waals surface area contributed by atoms with Crippen LogP contribution in [0.3, 0.4) is 0 Å². The molecule has 6 nitrogen and oxygen atoms in total. The molecule has 0 radical (unpaired) electrons. The van der Waals surface area contributed by atoms with Crippen LogP contribution in [0.25, 0.3) is 4.91 Å². The normalized spacial score (nSPS) is 19.1. The van der Waals surface area contributed by atoms with E-state index in [1.165, 1.54) is 24.3 Å². The number of likely N-dealkylation sites (tertiary alicyclic amines) is 1. The predicted molar refractivity (Wildman–Crippen MR) is 116 cm³/mol. The molecule has 1 aromatic carbocycles. The molecule has 3 heterocycles. The van der Waals surface area contributed by atoms with Crippen LogP contribution in [0.2, 0.25) is 0 Å². The molecule has 2 aliphatic rings. The first-order valence-electron chi connectivity index (χ1n) is 9.71. The lowest BCUT2D eigenvalue weighted by Gasteiger charge is -2.33. The third kappa shape index (κ3) is 4.32. The van der Waals surface area contributed by atoms with Crippen LogP contribution in [0, 0.1) is 5.82 Å². The Kier molecular flexibility index (Phi) is 5.75. The summed E-state index contributed by atoms with van der Waals surface area (Å²) in [6, 6.07) is 7.41. The van der Waals surface area contributed by atoms with E-state index in [1.54, 1.807) is 18.3 Å². The molecular formula is C21H22FN3O3S2. The molecule has 158 valence electrons. The number of carbonyl (C=O) groups is 1. The summed E-state index contributed by atoms with van der Waals surface area (Å²) < 4.78 is 42.5. The maximum Gasteiger partial charge on any atom is 0.285 e. The monoisotopic (exact) mass is 447 g/mol. The molecule has 0 bridgehead atoms. The predicted octanol–water partition coefficient (Wildman–Crippen LogP) is 3.18. The Hall–Kier alpha value is -2.52. The summed E-state index contributed by atoms with van der Waals surface area (Å²) in [5.74, 6) is 0.0244. The molecule has 1 aromatic heterocycles. The van der Waals surface area contributed by atoms with Crippen molar-refractivity contribution >= 4 is 38.0 Å². The molecule has 0 unspecified atom stereocenters. The maximum atomic E-state index is 13.2. The number of hydrogen-bond acceptors (Lipinski definition) is 5. The summed E-state index contributed by atoms with van der Waals surface area (Å²) in [5.41, 5.74) is 2.01. The molecule has 0 spiro atoms. The number of nitrogens with one attached hydrogen (secondary N) is 1. The van der Waals surface area contributed by atoms with Crippen molar-refractivity contribution in [2.45, 2.75) is 32.2 Å². The summed E-state index contributed by atoms with van der Waals surface area (Å²) in [4.78, 5) is 14.3. The minimum Gasteiger partial charge on any atom is -0.356 e. The Morgan fingerprint density at radius 3 is 2.57 bits per heavy atom. The van der Waals surface area contributed by atoms with E-state index in [-0.39, 0.29) is 16.9 Å². The number of amidine groups is 1. The van der Waals surface area contributed by atoms with Gasteiger partial charge in [0.05, 0.1) is 6.42 Å². The second-order valence-electron chi connectivity index (χ2n) is 7.49. The van der Waals surface area contributed by atoms with Gasteiger partial charge in [-0.3, -0.25) is 4.79 Å². The maximum absolute atomic E-state index is 13.2. The third-order valence-corrected chi connectivity index (χ3v) is 7.55. The molecule has 0 aliphatic carbocycles. The first kappa shape index (κ1) is 20.7. The van der Waals surface area contributed by atoms with Gasteiger partial charge in [0.1, 0.15) is 16.6 Å². The fraction of sp³-hybridized carbons (Fsp3) is 0.333. The van der Waals surface area contributed by atoms with Crippen LogP contribution in [0.4, 0.5) is 4.39 Å². The van der Waals surface area contributed by atoms with Gasteiger partial charge >= 0.3 is 0 Å². The van der Waals surface area contributed by atoms with Gasteiger partial charge in [0, 0.05) is 24.7 Å². The highest BCUT2D eigenvalue weighted by Crippen LogP contribution is 2.34. The van der Waals surface area contributed by atoms with Crippen molar-refractivity contribution in [2.24, 2.45) is 4.40 Å². The van der Waals surface area contributed by atoms with Gasteiger partial charge < -0.3 is 10.2 Å². The van der Waals surface area contributed by atoms with E-state index in [2.05, 4.69) is 9.71 Å². The molecule has 9 heteroatoms. The largest absolute Gasteiger partial charge is 0.356 e. The third-order valence-electron chi connectivity index (χ3n) is 5.35. The second-order valence-corrected chi connectivity index (χ2v) is 9.81. The first-order chi connectivity index (χ1) is 14.3. The number of benzene rings is 1. The Morgan fingerprint density at radius 1 is 1.23 bits per heavy atom. The van der Waals surface area contributed by atoms with Crippen molar-refractivity contribution in [1.29, 1.82) is 0 Å². The smallest absolute Gasteiger partial charge is 0.285 e. The van der Waals surface area contributed by atoms with Crippen LogP contribution in [0.1, 0.15) is 30.9 Å². The van der Waals surface area contributed by atoms with Gasteiger partial charge in [0.25, 0.3) is 10.0 Å². The molecule has 1 amide bonds. The van der Waals surface area contributed by atoms with Gasteiger partial charge in [0.15, 0.2) is 0 Å². The Balaban J connectivity index is 1.42. The van der Waals surface area contributed by atoms with Crippen LogP contribution < -0.4 is 5.32 Å². The highest BCUT2D eigenvalue weighted by atomic mass is 32.2. The molecule has 0 atom stereocenters. The van der Waals surface area contributed by atoms with E-state index in [0.29, 0.717) is 49.3 Å². The number of nitrogens with zero attached hydrogens (tertiary/aromatic N) is 2. The number of rotatable bonds is 4. The lowest BCUT2D eigenvalue weighted by Crippen LogP contribution is -2.46. The van der Waals surface area contributed by atoms with E-state index in [1.807, 2.05) is 21.7 Å². The Bertz CT molecular complexity index is 1100. The Morgan fingerprint density at radius 2 is 1.93 bits per heavy atom. The summed E-state index contributed by atoms with van der Waals surface area (Å²) in [6.07, 6.45) is 1.80. The van der Waals surface area contributed by atoms with Crippen molar-refractivity contribution < 1.29 is 17.6 Å². The molecule has 0 saturated carbocycles. The van der Waals surface area contributed by atoms with Crippen molar-refractivity contribution in [3.8, 4) is 0 Å². The number of piperidine rings is 1. The quantitative estimate of drug-likeness (QED) is 0.781. The fourth-order valence-corrected chi connectivity index (χ4v) is 6.03. The molecule has 1 N–H and O–H groups in total. The molecular weight excluding hydrogens is 425 g/mol. The number of amides is 1. The Labute approximate surface area is 179 Å². The highest BCUT2D eigenvalue weighted by molar-refractivity contribution is 8.00. The average molecular weight is 448 g/mol. The number of sulfonamides is 1. The van der Waals surface area contributed by atoms with Gasteiger partial charge in [0.2, 0.25) is 5.91 Å². The van der Waals surface area contributed by atoms with Gasteiger partial charge in [-0.1, -0.05) is 12.1 Å². The minimum atomic E-state index is -3.83. The average Bonchev–Trinajstić information content (AvgIpc) is 3.29. The minimum absolute atomic E-state index is 0.00214. The molecule has 2 aromatic rings. The summed E-state index contributed by atoms with van der Waals surface area (Å²) in [5, 5.41) is 6.99. The molecule has 2 aliphatic heterocycles. The van der Waals surface area contributed by atoms with Gasteiger partial charge in [-0.25, -0.2) is 4.39 Å². The van der Waals surface area contributed by atoms with E-state index in [4.69, 9.17) is 0 Å². The lowest BCUT2D eigenvalue weighted by molar-refractivity contribution is -0.121. The van der Waals surface area contributed by atoms with E-state index < -0.39 is 15.8 Å². The number of hydrogen-bond donors (Lipinski definition) is 1. The SMILES string of the molecule is CC1=C(c2ccc(F)cc2)S(=O)(=O)N=C1N1CCC(NC(=O)Cc2ccsc2)CC1. The number of halogens is 1. The van der Waals surface area contributed by atoms with Gasteiger partial charge in [-0.05, 0) is 59.9 Å². The van der Waals surface area contributed by atoms with Crippen LogP contribution in [0.5, 0.6) is 0 Å². The van der Waals surface area contributed by atoms with Crippen molar-refractivity contribution in [3.05, 3.63) is 63.6 Å². The van der Waals surface area contributed by atoms with Crippen molar-refractivity contribution in [3.63, 3.8) is 0 Å². The van der Waals surface area contributed by atoms with E-state index in [0.717, 1.165) is 5.56 Å². The lowest BCUT2D eigenvalue weighted by atomic mass is 10.0. The zero-order valence-electron chi connectivity index (χ0n) is 16.5. The zero-order valence-corrected chi connectivity index (χ0v) is 18.1. The topological polar surface area (TPSA) is 78.8 Å². The van der Waals surface area contributed by atoms with Gasteiger partial charge in [-0.15, -0.1) is 4.40 Å². The molecule has 30 heavy (non-hydrogen) atoms. The summed E-state index contributed by atoms with van der Waals surface area (Å²) >= 11 is 1.57. The van der Waals surface area contributed by atoms with Crippen LogP contribution in [-0.2, 0) is 21.2 Å². The molecule has 1 saturated heterocycles. The van der Waals surface area contributed by atoms with Crippen LogP contribution in [-0.4, -0.2) is 44.2 Å². The van der Waals surface area contributed by atoms with Crippen LogP contribution >= 0.6 is 11.3 Å². The standard InChI is InChI=1S/C21H22FN3O3S2/c1-14-20(16-2-4-17(22)5-3-16)30(27,28)24-21(14)25-9-6-18(7-10-25)23-19(26)12-15-8-11-29-13-15/h2-5,8,11,13,18H,6-7,9-10,12H2,1H3,(H,23,26). The second kappa shape index (κ2) is 8.31. The van der Waals surface area contributed by atoms with Crippen LogP contribution in [0.15, 0.2) is 51.1 Å². The number of thiophene rings is 1. The van der Waals surface area contributed by atoms with Crippen molar-refractivity contribution in [1.82, 2.24) is 10.2 Å². The molecule has 1 fully saturated rings.